The lowest BCUT2D eigenvalue weighted by atomic mass is 10.1. The van der Waals surface area contributed by atoms with Crippen molar-refractivity contribution in [3.05, 3.63) is 29.6 Å². The zero-order valence-corrected chi connectivity index (χ0v) is 12.5. The molecule has 1 aromatic rings. The maximum absolute atomic E-state index is 13.4. The number of halogens is 1. The van der Waals surface area contributed by atoms with Crippen LogP contribution >= 0.6 is 0 Å². The molecule has 0 amide bonds. The first-order chi connectivity index (χ1) is 9.70. The maximum atomic E-state index is 13.4. The van der Waals surface area contributed by atoms with Crippen LogP contribution in [0.25, 0.3) is 0 Å². The minimum Gasteiger partial charge on any atom is -0.379 e. The Labute approximate surface area is 121 Å². The van der Waals surface area contributed by atoms with Crippen molar-refractivity contribution < 1.29 is 9.13 Å². The van der Waals surface area contributed by atoms with Crippen molar-refractivity contribution in [2.45, 2.75) is 26.3 Å². The molecule has 0 atom stereocenters. The normalized spacial score (nSPS) is 14.6. The van der Waals surface area contributed by atoms with Gasteiger partial charge in [-0.1, -0.05) is 6.92 Å². The molecule has 0 bridgehead atoms. The lowest BCUT2D eigenvalue weighted by Crippen LogP contribution is -2.25. The van der Waals surface area contributed by atoms with Crippen LogP contribution in [-0.4, -0.2) is 33.4 Å². The van der Waals surface area contributed by atoms with Crippen LogP contribution < -0.4 is 10.2 Å². The van der Waals surface area contributed by atoms with Gasteiger partial charge >= 0.3 is 0 Å². The zero-order valence-electron chi connectivity index (χ0n) is 12.5. The van der Waals surface area contributed by atoms with E-state index in [1.165, 1.54) is 18.9 Å². The number of hydrogen-bond donors (Lipinski definition) is 1. The highest BCUT2D eigenvalue weighted by Gasteiger charge is 2.21. The van der Waals surface area contributed by atoms with E-state index in [0.717, 1.165) is 43.5 Å². The minimum atomic E-state index is -0.181. The quantitative estimate of drug-likeness (QED) is 0.704. The third-order valence-corrected chi connectivity index (χ3v) is 3.64. The van der Waals surface area contributed by atoms with Crippen LogP contribution in [0, 0.1) is 11.7 Å². The van der Waals surface area contributed by atoms with Crippen LogP contribution in [0.15, 0.2) is 18.2 Å². The van der Waals surface area contributed by atoms with Gasteiger partial charge in [-0.2, -0.15) is 0 Å². The average molecular weight is 280 g/mol. The van der Waals surface area contributed by atoms with Crippen molar-refractivity contribution in [2.24, 2.45) is 5.92 Å². The topological polar surface area (TPSA) is 24.5 Å². The Morgan fingerprint density at radius 1 is 1.40 bits per heavy atom. The Bertz CT molecular complexity index is 421. The Hall–Kier alpha value is -1.13. The summed E-state index contributed by atoms with van der Waals surface area (Å²) in [4.78, 5) is 2.14. The van der Waals surface area contributed by atoms with Gasteiger partial charge in [-0.25, -0.2) is 4.39 Å². The van der Waals surface area contributed by atoms with Crippen LogP contribution in [0.2, 0.25) is 0 Å². The summed E-state index contributed by atoms with van der Waals surface area (Å²) >= 11 is 0. The van der Waals surface area contributed by atoms with Gasteiger partial charge in [0.1, 0.15) is 5.82 Å². The van der Waals surface area contributed by atoms with E-state index in [4.69, 9.17) is 4.74 Å². The fourth-order valence-corrected chi connectivity index (χ4v) is 2.18. The second kappa shape index (κ2) is 7.60. The second-order valence-electron chi connectivity index (χ2n) is 5.49. The summed E-state index contributed by atoms with van der Waals surface area (Å²) in [5.74, 6) is 0.621. The molecule has 0 heterocycles. The van der Waals surface area contributed by atoms with Gasteiger partial charge in [0.2, 0.25) is 0 Å². The van der Waals surface area contributed by atoms with E-state index >= 15 is 0 Å². The molecule has 20 heavy (non-hydrogen) atoms. The predicted molar refractivity (Wildman–Crippen MR) is 80.6 cm³/mol. The summed E-state index contributed by atoms with van der Waals surface area (Å²) in [5, 5.41) is 3.25. The fourth-order valence-electron chi connectivity index (χ4n) is 2.18. The van der Waals surface area contributed by atoms with Crippen LogP contribution in [0.4, 0.5) is 10.1 Å². The molecule has 4 heteroatoms. The monoisotopic (exact) mass is 280 g/mol. The van der Waals surface area contributed by atoms with Crippen LogP contribution in [0.3, 0.4) is 0 Å². The Morgan fingerprint density at radius 2 is 2.20 bits per heavy atom. The summed E-state index contributed by atoms with van der Waals surface area (Å²) in [7, 11) is 2.03. The number of hydrogen-bond acceptors (Lipinski definition) is 3. The number of nitrogens with one attached hydrogen (secondary N) is 1. The van der Waals surface area contributed by atoms with E-state index < -0.39 is 0 Å². The second-order valence-corrected chi connectivity index (χ2v) is 5.49. The van der Waals surface area contributed by atoms with Crippen molar-refractivity contribution in [2.75, 3.05) is 38.3 Å². The average Bonchev–Trinajstić information content (AvgIpc) is 3.25. The maximum Gasteiger partial charge on any atom is 0.123 e. The summed E-state index contributed by atoms with van der Waals surface area (Å²) in [6.07, 6.45) is 2.64. The molecule has 1 aliphatic carbocycles. The molecule has 1 aliphatic rings. The van der Waals surface area contributed by atoms with Gasteiger partial charge in [-0.05, 0) is 49.1 Å². The fraction of sp³-hybridized carbons (Fsp3) is 0.625. The van der Waals surface area contributed by atoms with E-state index in [9.17, 15) is 4.39 Å². The number of benzene rings is 1. The van der Waals surface area contributed by atoms with Gasteiger partial charge in [0.15, 0.2) is 0 Å². The van der Waals surface area contributed by atoms with Crippen LogP contribution in [-0.2, 0) is 11.3 Å². The van der Waals surface area contributed by atoms with Gasteiger partial charge in [-0.15, -0.1) is 0 Å². The molecule has 0 spiro atoms. The molecule has 0 aliphatic heterocycles. The molecule has 0 aromatic heterocycles. The van der Waals surface area contributed by atoms with Crippen molar-refractivity contribution in [3.63, 3.8) is 0 Å². The van der Waals surface area contributed by atoms with Crippen molar-refractivity contribution in [1.82, 2.24) is 5.32 Å². The Kier molecular flexibility index (Phi) is 5.80. The summed E-state index contributed by atoms with van der Waals surface area (Å²) in [5.41, 5.74) is 2.07. The number of nitrogens with zero attached hydrogens (tertiary/aromatic N) is 1. The molecule has 0 saturated heterocycles. The first-order valence-electron chi connectivity index (χ1n) is 7.48. The van der Waals surface area contributed by atoms with E-state index in [0.29, 0.717) is 6.54 Å². The third-order valence-electron chi connectivity index (χ3n) is 3.64. The number of ether oxygens (including phenoxy) is 1. The molecule has 1 N–H and O–H groups in total. The number of rotatable bonds is 9. The first kappa shape index (κ1) is 15.3. The molecule has 112 valence electrons. The molecule has 2 rings (SSSR count). The highest BCUT2D eigenvalue weighted by atomic mass is 19.1. The third kappa shape index (κ3) is 4.76. The molecule has 0 unspecified atom stereocenters. The Morgan fingerprint density at radius 3 is 2.90 bits per heavy atom. The lowest BCUT2D eigenvalue weighted by molar-refractivity contribution is 0.131. The highest BCUT2D eigenvalue weighted by Crippen LogP contribution is 2.28. The number of likely N-dealkylation sites (N-methyl/N-ethyl adjacent to an activating group) is 1. The molecule has 1 aromatic carbocycles. The summed E-state index contributed by atoms with van der Waals surface area (Å²) < 4.78 is 19.0. The first-order valence-corrected chi connectivity index (χ1v) is 7.48. The van der Waals surface area contributed by atoms with E-state index in [-0.39, 0.29) is 5.82 Å². The lowest BCUT2D eigenvalue weighted by Gasteiger charge is -2.22. The predicted octanol–water partition coefficient (Wildman–Crippen LogP) is 2.80. The number of anilines is 1. The highest BCUT2D eigenvalue weighted by molar-refractivity contribution is 5.53. The molecule has 0 radical (unpaired) electrons. The zero-order chi connectivity index (χ0) is 14.4. The Balaban J connectivity index is 1.87. The van der Waals surface area contributed by atoms with E-state index in [2.05, 4.69) is 17.1 Å². The van der Waals surface area contributed by atoms with Crippen LogP contribution in [0.1, 0.15) is 25.3 Å². The van der Waals surface area contributed by atoms with Gasteiger partial charge in [0, 0.05) is 32.4 Å². The summed E-state index contributed by atoms with van der Waals surface area (Å²) in [6.45, 7) is 6.07. The largest absolute Gasteiger partial charge is 0.379 e. The summed E-state index contributed by atoms with van der Waals surface area (Å²) in [6, 6.07) is 4.98. The standard InChI is InChI=1S/C16H25FN2O/c1-3-18-11-14-10-15(17)6-7-16(14)19(2)8-9-20-12-13-4-5-13/h6-7,10,13,18H,3-5,8-9,11-12H2,1-2H3. The van der Waals surface area contributed by atoms with Gasteiger partial charge in [0.25, 0.3) is 0 Å². The van der Waals surface area contributed by atoms with Gasteiger partial charge < -0.3 is 15.0 Å². The molecule has 3 nitrogen and oxygen atoms in total. The van der Waals surface area contributed by atoms with E-state index in [1.807, 2.05) is 13.1 Å². The van der Waals surface area contributed by atoms with Gasteiger partial charge in [-0.3, -0.25) is 0 Å². The van der Waals surface area contributed by atoms with Crippen molar-refractivity contribution in [1.29, 1.82) is 0 Å². The smallest absolute Gasteiger partial charge is 0.123 e. The van der Waals surface area contributed by atoms with Crippen molar-refractivity contribution >= 4 is 5.69 Å². The minimum absolute atomic E-state index is 0.181. The molecule has 1 fully saturated rings. The van der Waals surface area contributed by atoms with E-state index in [1.54, 1.807) is 6.07 Å². The molecule has 1 saturated carbocycles. The molecular formula is C16H25FN2O. The van der Waals surface area contributed by atoms with Gasteiger partial charge in [0.05, 0.1) is 6.61 Å². The van der Waals surface area contributed by atoms with Crippen LogP contribution in [0.5, 0.6) is 0 Å². The molecular weight excluding hydrogens is 255 g/mol. The SMILES string of the molecule is CCNCc1cc(F)ccc1N(C)CCOCC1CC1. The van der Waals surface area contributed by atoms with Crippen molar-refractivity contribution in [3.8, 4) is 0 Å².